The average Bonchev–Trinajstić information content (AvgIpc) is 2.41. The third-order valence-electron chi connectivity index (χ3n) is 2.59. The van der Waals surface area contributed by atoms with Gasteiger partial charge in [0.15, 0.2) is 5.96 Å². The Labute approximate surface area is 143 Å². The van der Waals surface area contributed by atoms with Crippen molar-refractivity contribution in [2.24, 2.45) is 10.7 Å². The molecule has 4 nitrogen and oxygen atoms in total. The molecule has 0 heterocycles. The molecular formula is C14H23ClIN3O. The molecule has 0 atom stereocenters. The number of halogens is 2. The molecule has 6 heteroatoms. The normalized spacial score (nSPS) is 11.0. The van der Waals surface area contributed by atoms with Crippen LogP contribution in [0.4, 0.5) is 0 Å². The Bertz CT molecular complexity index is 402. The Morgan fingerprint density at radius 1 is 1.40 bits per heavy atom. The second-order valence-electron chi connectivity index (χ2n) is 4.09. The molecule has 1 rings (SSSR count). The molecule has 0 aliphatic rings. The molecule has 0 amide bonds. The molecule has 3 N–H and O–H groups in total. The lowest BCUT2D eigenvalue weighted by atomic mass is 10.1. The first-order valence-electron chi connectivity index (χ1n) is 6.59. The Morgan fingerprint density at radius 3 is 2.85 bits per heavy atom. The van der Waals surface area contributed by atoms with Gasteiger partial charge in [0.1, 0.15) is 0 Å². The van der Waals surface area contributed by atoms with E-state index in [-0.39, 0.29) is 24.0 Å². The predicted octanol–water partition coefficient (Wildman–Crippen LogP) is 2.83. The summed E-state index contributed by atoms with van der Waals surface area (Å²) in [6.07, 6.45) is 1.72. The van der Waals surface area contributed by atoms with E-state index in [2.05, 4.69) is 10.3 Å². The lowest BCUT2D eigenvalue weighted by Crippen LogP contribution is -2.33. The van der Waals surface area contributed by atoms with E-state index >= 15 is 0 Å². The van der Waals surface area contributed by atoms with Crippen molar-refractivity contribution in [2.45, 2.75) is 19.8 Å². The van der Waals surface area contributed by atoms with Crippen LogP contribution >= 0.6 is 35.6 Å². The van der Waals surface area contributed by atoms with Gasteiger partial charge in [-0.05, 0) is 31.4 Å². The largest absolute Gasteiger partial charge is 0.382 e. The third-order valence-corrected chi connectivity index (χ3v) is 2.96. The van der Waals surface area contributed by atoms with Gasteiger partial charge < -0.3 is 15.8 Å². The van der Waals surface area contributed by atoms with Crippen LogP contribution in [0.5, 0.6) is 0 Å². The van der Waals surface area contributed by atoms with Crippen LogP contribution < -0.4 is 11.1 Å². The molecule has 20 heavy (non-hydrogen) atoms. The number of ether oxygens (including phenoxy) is 1. The van der Waals surface area contributed by atoms with Crippen molar-refractivity contribution in [2.75, 3.05) is 26.3 Å². The van der Waals surface area contributed by atoms with Crippen molar-refractivity contribution < 1.29 is 4.74 Å². The summed E-state index contributed by atoms with van der Waals surface area (Å²) in [5.74, 6) is 0.476. The molecule has 0 aliphatic carbocycles. The van der Waals surface area contributed by atoms with E-state index in [1.165, 1.54) is 0 Å². The molecule has 0 fully saturated rings. The van der Waals surface area contributed by atoms with Crippen LogP contribution in [-0.2, 0) is 11.2 Å². The maximum Gasteiger partial charge on any atom is 0.188 e. The molecule has 0 aromatic heterocycles. The summed E-state index contributed by atoms with van der Waals surface area (Å²) >= 11 is 6.07. The topological polar surface area (TPSA) is 59.6 Å². The lowest BCUT2D eigenvalue weighted by molar-refractivity contribution is 0.146. The molecule has 0 saturated heterocycles. The highest BCUT2D eigenvalue weighted by atomic mass is 127. The fraction of sp³-hybridized carbons (Fsp3) is 0.500. The Morgan fingerprint density at radius 2 is 2.15 bits per heavy atom. The van der Waals surface area contributed by atoms with Crippen molar-refractivity contribution in [3.8, 4) is 0 Å². The number of nitrogens with zero attached hydrogens (tertiary/aromatic N) is 1. The van der Waals surface area contributed by atoms with Gasteiger partial charge in [0.05, 0.1) is 0 Å². The third kappa shape index (κ3) is 8.60. The van der Waals surface area contributed by atoms with Crippen molar-refractivity contribution in [3.05, 3.63) is 34.9 Å². The van der Waals surface area contributed by atoms with Crippen LogP contribution in [0.25, 0.3) is 0 Å². The average molecular weight is 412 g/mol. The van der Waals surface area contributed by atoms with Gasteiger partial charge in [-0.15, -0.1) is 24.0 Å². The van der Waals surface area contributed by atoms with Crippen LogP contribution in [0.3, 0.4) is 0 Å². The van der Waals surface area contributed by atoms with Crippen LogP contribution in [0.15, 0.2) is 29.3 Å². The van der Waals surface area contributed by atoms with Crippen LogP contribution in [0.1, 0.15) is 18.9 Å². The molecule has 1 aromatic carbocycles. The van der Waals surface area contributed by atoms with E-state index in [1.807, 2.05) is 31.2 Å². The lowest BCUT2D eigenvalue weighted by Gasteiger charge is -2.07. The Hall–Kier alpha value is -0.530. The number of benzene rings is 1. The number of nitrogens with two attached hydrogens (primary N) is 1. The maximum absolute atomic E-state index is 6.07. The summed E-state index contributed by atoms with van der Waals surface area (Å²) in [4.78, 5) is 4.22. The minimum absolute atomic E-state index is 0. The van der Waals surface area contributed by atoms with E-state index < -0.39 is 0 Å². The predicted molar refractivity (Wildman–Crippen MR) is 96.2 cm³/mol. The van der Waals surface area contributed by atoms with E-state index in [4.69, 9.17) is 22.1 Å². The van der Waals surface area contributed by atoms with Gasteiger partial charge in [0.25, 0.3) is 0 Å². The fourth-order valence-corrected chi connectivity index (χ4v) is 1.82. The standard InChI is InChI=1S/C14H22ClN3O.HI/c1-2-19-11-5-9-17-14(16)18-10-8-12-6-3-4-7-13(12)15;/h3-4,6-7H,2,5,8-11H2,1H3,(H3,16,17,18);1H. The van der Waals surface area contributed by atoms with Gasteiger partial charge in [-0.2, -0.15) is 0 Å². The Kier molecular flexibility index (Phi) is 11.9. The minimum atomic E-state index is 0. The zero-order valence-electron chi connectivity index (χ0n) is 11.8. The maximum atomic E-state index is 6.07. The van der Waals surface area contributed by atoms with Crippen LogP contribution in [-0.4, -0.2) is 32.3 Å². The summed E-state index contributed by atoms with van der Waals surface area (Å²) in [6, 6.07) is 7.81. The highest BCUT2D eigenvalue weighted by molar-refractivity contribution is 14.0. The highest BCUT2D eigenvalue weighted by Crippen LogP contribution is 2.14. The zero-order chi connectivity index (χ0) is 13.9. The van der Waals surface area contributed by atoms with Gasteiger partial charge in [0, 0.05) is 31.3 Å². The quantitative estimate of drug-likeness (QED) is 0.299. The molecule has 0 unspecified atom stereocenters. The monoisotopic (exact) mass is 411 g/mol. The molecule has 114 valence electrons. The van der Waals surface area contributed by atoms with Gasteiger partial charge in [-0.3, -0.25) is 4.99 Å². The first-order chi connectivity index (χ1) is 9.24. The summed E-state index contributed by atoms with van der Waals surface area (Å²) in [5, 5.41) is 3.87. The molecule has 0 spiro atoms. The number of hydrogen-bond donors (Lipinski definition) is 2. The summed E-state index contributed by atoms with van der Waals surface area (Å²) in [5.41, 5.74) is 6.87. The van der Waals surface area contributed by atoms with E-state index in [1.54, 1.807) is 0 Å². The number of nitrogens with one attached hydrogen (secondary N) is 1. The fourth-order valence-electron chi connectivity index (χ4n) is 1.59. The summed E-state index contributed by atoms with van der Waals surface area (Å²) in [6.45, 7) is 4.87. The summed E-state index contributed by atoms with van der Waals surface area (Å²) < 4.78 is 5.22. The first kappa shape index (κ1) is 19.5. The smallest absolute Gasteiger partial charge is 0.188 e. The number of aliphatic imine (C=N–C) groups is 1. The number of rotatable bonds is 8. The SMILES string of the molecule is CCOCCCN=C(N)NCCc1ccccc1Cl.I. The summed E-state index contributed by atoms with van der Waals surface area (Å²) in [7, 11) is 0. The van der Waals surface area contributed by atoms with E-state index in [9.17, 15) is 0 Å². The van der Waals surface area contributed by atoms with Crippen molar-refractivity contribution in [1.29, 1.82) is 0 Å². The second-order valence-corrected chi connectivity index (χ2v) is 4.49. The van der Waals surface area contributed by atoms with Crippen LogP contribution in [0, 0.1) is 0 Å². The second kappa shape index (κ2) is 12.2. The molecule has 0 bridgehead atoms. The van der Waals surface area contributed by atoms with Crippen molar-refractivity contribution >= 4 is 41.5 Å². The number of guanidine groups is 1. The van der Waals surface area contributed by atoms with Crippen molar-refractivity contribution in [1.82, 2.24) is 5.32 Å². The first-order valence-corrected chi connectivity index (χ1v) is 6.96. The van der Waals surface area contributed by atoms with Crippen LogP contribution in [0.2, 0.25) is 5.02 Å². The van der Waals surface area contributed by atoms with E-state index in [0.717, 1.165) is 43.2 Å². The molecular weight excluding hydrogens is 389 g/mol. The number of hydrogen-bond acceptors (Lipinski definition) is 2. The van der Waals surface area contributed by atoms with Gasteiger partial charge >= 0.3 is 0 Å². The highest BCUT2D eigenvalue weighted by Gasteiger charge is 1.98. The molecule has 0 aliphatic heterocycles. The molecule has 1 aromatic rings. The Balaban J connectivity index is 0.00000361. The molecule has 0 saturated carbocycles. The molecule has 0 radical (unpaired) electrons. The minimum Gasteiger partial charge on any atom is -0.382 e. The van der Waals surface area contributed by atoms with Gasteiger partial charge in [-0.1, -0.05) is 29.8 Å². The van der Waals surface area contributed by atoms with Crippen molar-refractivity contribution in [3.63, 3.8) is 0 Å². The van der Waals surface area contributed by atoms with Gasteiger partial charge in [-0.25, -0.2) is 0 Å². The van der Waals surface area contributed by atoms with Gasteiger partial charge in [0.2, 0.25) is 0 Å². The van der Waals surface area contributed by atoms with E-state index in [0.29, 0.717) is 12.5 Å². The zero-order valence-corrected chi connectivity index (χ0v) is 14.9.